The van der Waals surface area contributed by atoms with E-state index in [-0.39, 0.29) is 17.7 Å². The molecule has 0 radical (unpaired) electrons. The van der Waals surface area contributed by atoms with Gasteiger partial charge in [0.25, 0.3) is 17.7 Å². The SMILES string of the molecule is CCN(CC)C(=O)c1cc(NC(=O)c2ccccc2Cl)ccc1N1CCCN(C(=O)c2ccc(C)cc2)CC1. The Morgan fingerprint density at radius 2 is 1.59 bits per heavy atom. The van der Waals surface area contributed by atoms with E-state index in [0.717, 1.165) is 17.7 Å². The zero-order chi connectivity index (χ0) is 27.9. The minimum Gasteiger partial charge on any atom is -0.369 e. The quantitative estimate of drug-likeness (QED) is 0.410. The van der Waals surface area contributed by atoms with Gasteiger partial charge in [0.1, 0.15) is 0 Å². The number of benzene rings is 3. The van der Waals surface area contributed by atoms with E-state index in [2.05, 4.69) is 10.2 Å². The van der Waals surface area contributed by atoms with E-state index in [1.165, 1.54) is 0 Å². The van der Waals surface area contributed by atoms with Gasteiger partial charge in [0.15, 0.2) is 0 Å². The Hall–Kier alpha value is -3.84. The lowest BCUT2D eigenvalue weighted by atomic mass is 10.1. The summed E-state index contributed by atoms with van der Waals surface area (Å²) < 4.78 is 0. The molecule has 0 aromatic heterocycles. The van der Waals surface area contributed by atoms with Crippen LogP contribution in [0.25, 0.3) is 0 Å². The summed E-state index contributed by atoms with van der Waals surface area (Å²) in [5.41, 5.74) is 4.01. The molecule has 1 heterocycles. The summed E-state index contributed by atoms with van der Waals surface area (Å²) in [4.78, 5) is 45.4. The van der Waals surface area contributed by atoms with E-state index in [1.807, 2.05) is 62.1 Å². The number of aryl methyl sites for hydroxylation is 1. The molecule has 3 amide bonds. The molecule has 0 spiro atoms. The standard InChI is InChI=1S/C31H35ClN4O3/c1-4-34(5-2)31(39)26-21-24(33-29(37)25-9-6-7-10-27(25)32)15-16-28(26)35-17-8-18-36(20-19-35)30(38)23-13-11-22(3)12-14-23/h6-7,9-16,21H,4-5,8,17-20H2,1-3H3,(H,33,37). The highest BCUT2D eigenvalue weighted by molar-refractivity contribution is 6.34. The maximum absolute atomic E-state index is 13.6. The topological polar surface area (TPSA) is 73.0 Å². The molecule has 1 aliphatic heterocycles. The number of hydrogen-bond donors (Lipinski definition) is 1. The van der Waals surface area contributed by atoms with Crippen molar-refractivity contribution in [1.29, 1.82) is 0 Å². The first-order chi connectivity index (χ1) is 18.8. The highest BCUT2D eigenvalue weighted by Gasteiger charge is 2.25. The van der Waals surface area contributed by atoms with Crippen LogP contribution in [0, 0.1) is 6.92 Å². The third-order valence-electron chi connectivity index (χ3n) is 7.08. The Bertz CT molecular complexity index is 1340. The van der Waals surface area contributed by atoms with Crippen molar-refractivity contribution >= 4 is 40.7 Å². The first-order valence-corrected chi connectivity index (χ1v) is 13.8. The smallest absolute Gasteiger partial charge is 0.257 e. The van der Waals surface area contributed by atoms with Crippen LogP contribution in [0.3, 0.4) is 0 Å². The monoisotopic (exact) mass is 546 g/mol. The van der Waals surface area contributed by atoms with Crippen LogP contribution in [-0.4, -0.2) is 66.8 Å². The zero-order valence-electron chi connectivity index (χ0n) is 22.7. The van der Waals surface area contributed by atoms with Crippen molar-refractivity contribution in [2.24, 2.45) is 0 Å². The fraction of sp³-hybridized carbons (Fsp3) is 0.323. The average molecular weight is 547 g/mol. The predicted octanol–water partition coefficient (Wildman–Crippen LogP) is 5.74. The summed E-state index contributed by atoms with van der Waals surface area (Å²) in [6, 6.07) is 19.9. The van der Waals surface area contributed by atoms with Gasteiger partial charge in [0.05, 0.1) is 16.1 Å². The molecule has 3 aromatic carbocycles. The number of nitrogens with zero attached hydrogens (tertiary/aromatic N) is 3. The predicted molar refractivity (Wildman–Crippen MR) is 157 cm³/mol. The van der Waals surface area contributed by atoms with Crippen LogP contribution in [0.1, 0.15) is 56.9 Å². The Morgan fingerprint density at radius 1 is 0.872 bits per heavy atom. The first-order valence-electron chi connectivity index (χ1n) is 13.4. The van der Waals surface area contributed by atoms with Crippen LogP contribution in [0.2, 0.25) is 5.02 Å². The number of carbonyl (C=O) groups excluding carboxylic acids is 3. The van der Waals surface area contributed by atoms with E-state index in [4.69, 9.17) is 11.6 Å². The number of nitrogens with one attached hydrogen (secondary N) is 1. The second kappa shape index (κ2) is 12.8. The van der Waals surface area contributed by atoms with Gasteiger partial charge in [-0.15, -0.1) is 0 Å². The Morgan fingerprint density at radius 3 is 2.28 bits per heavy atom. The number of anilines is 2. The van der Waals surface area contributed by atoms with Gasteiger partial charge in [-0.2, -0.15) is 0 Å². The van der Waals surface area contributed by atoms with Crippen molar-refractivity contribution in [3.63, 3.8) is 0 Å². The van der Waals surface area contributed by atoms with E-state index in [9.17, 15) is 14.4 Å². The van der Waals surface area contributed by atoms with Crippen molar-refractivity contribution in [3.05, 3.63) is 94.0 Å². The minimum atomic E-state index is -0.338. The highest BCUT2D eigenvalue weighted by Crippen LogP contribution is 2.28. The van der Waals surface area contributed by atoms with E-state index in [0.29, 0.717) is 66.7 Å². The Balaban J connectivity index is 1.58. The molecule has 1 N–H and O–H groups in total. The van der Waals surface area contributed by atoms with Crippen LogP contribution in [0.15, 0.2) is 66.7 Å². The summed E-state index contributed by atoms with van der Waals surface area (Å²) in [6.45, 7) is 9.56. The molecular weight excluding hydrogens is 512 g/mol. The third-order valence-corrected chi connectivity index (χ3v) is 7.41. The molecule has 3 aromatic rings. The van der Waals surface area contributed by atoms with Gasteiger partial charge >= 0.3 is 0 Å². The molecule has 204 valence electrons. The van der Waals surface area contributed by atoms with Crippen LogP contribution in [0.5, 0.6) is 0 Å². The van der Waals surface area contributed by atoms with E-state index >= 15 is 0 Å². The summed E-state index contributed by atoms with van der Waals surface area (Å²) in [7, 11) is 0. The number of halogens is 1. The first kappa shape index (κ1) is 28.2. The molecule has 0 aliphatic carbocycles. The zero-order valence-corrected chi connectivity index (χ0v) is 23.5. The summed E-state index contributed by atoms with van der Waals surface area (Å²) >= 11 is 6.21. The molecule has 1 saturated heterocycles. The number of amides is 3. The average Bonchev–Trinajstić information content (AvgIpc) is 3.20. The Kier molecular flexibility index (Phi) is 9.25. The van der Waals surface area contributed by atoms with E-state index < -0.39 is 0 Å². The molecule has 7 nitrogen and oxygen atoms in total. The van der Waals surface area contributed by atoms with Crippen molar-refractivity contribution < 1.29 is 14.4 Å². The molecule has 0 saturated carbocycles. The van der Waals surface area contributed by atoms with Gasteiger partial charge in [-0.05, 0) is 69.7 Å². The molecule has 1 fully saturated rings. The largest absolute Gasteiger partial charge is 0.369 e. The number of rotatable bonds is 7. The molecule has 1 aliphatic rings. The highest BCUT2D eigenvalue weighted by atomic mass is 35.5. The normalized spacial score (nSPS) is 13.5. The lowest BCUT2D eigenvalue weighted by Crippen LogP contribution is -2.36. The second-order valence-corrected chi connectivity index (χ2v) is 10.0. The van der Waals surface area contributed by atoms with Gasteiger partial charge in [0, 0.05) is 56.2 Å². The fourth-order valence-electron chi connectivity index (χ4n) is 4.83. The van der Waals surface area contributed by atoms with Gasteiger partial charge in [-0.3, -0.25) is 14.4 Å². The molecule has 8 heteroatoms. The maximum Gasteiger partial charge on any atom is 0.257 e. The maximum atomic E-state index is 13.6. The molecular formula is C31H35ClN4O3. The van der Waals surface area contributed by atoms with Crippen molar-refractivity contribution in [3.8, 4) is 0 Å². The number of hydrogen-bond acceptors (Lipinski definition) is 4. The van der Waals surface area contributed by atoms with Gasteiger partial charge in [-0.1, -0.05) is 41.4 Å². The van der Waals surface area contributed by atoms with Crippen molar-refractivity contribution in [1.82, 2.24) is 9.80 Å². The molecule has 0 bridgehead atoms. The van der Waals surface area contributed by atoms with Gasteiger partial charge < -0.3 is 20.0 Å². The molecule has 4 rings (SSSR count). The van der Waals surface area contributed by atoms with Crippen LogP contribution in [-0.2, 0) is 0 Å². The van der Waals surface area contributed by atoms with Crippen LogP contribution < -0.4 is 10.2 Å². The van der Waals surface area contributed by atoms with Crippen molar-refractivity contribution in [2.45, 2.75) is 27.2 Å². The van der Waals surface area contributed by atoms with Crippen LogP contribution >= 0.6 is 11.6 Å². The molecule has 39 heavy (non-hydrogen) atoms. The lowest BCUT2D eigenvalue weighted by molar-refractivity contribution is 0.0760. The molecule has 0 unspecified atom stereocenters. The summed E-state index contributed by atoms with van der Waals surface area (Å²) in [5.74, 6) is -0.413. The lowest BCUT2D eigenvalue weighted by Gasteiger charge is -2.28. The van der Waals surface area contributed by atoms with Gasteiger partial charge in [0.2, 0.25) is 0 Å². The third kappa shape index (κ3) is 6.60. The Labute approximate surface area is 235 Å². The minimum absolute atomic E-state index is 0.0222. The number of carbonyl (C=O) groups is 3. The fourth-order valence-corrected chi connectivity index (χ4v) is 5.05. The van der Waals surface area contributed by atoms with E-state index in [1.54, 1.807) is 35.2 Å². The second-order valence-electron chi connectivity index (χ2n) is 9.64. The van der Waals surface area contributed by atoms with Crippen molar-refractivity contribution in [2.75, 3.05) is 49.5 Å². The van der Waals surface area contributed by atoms with Crippen LogP contribution in [0.4, 0.5) is 11.4 Å². The summed E-state index contributed by atoms with van der Waals surface area (Å²) in [6.07, 6.45) is 0.779. The summed E-state index contributed by atoms with van der Waals surface area (Å²) in [5, 5.41) is 3.25. The molecule has 0 atom stereocenters. The van der Waals surface area contributed by atoms with Gasteiger partial charge in [-0.25, -0.2) is 0 Å².